The topological polar surface area (TPSA) is 80.0 Å². The molecule has 1 amide bonds. The molecule has 96 valence electrons. The maximum Gasteiger partial charge on any atom is 0.222 e. The third-order valence-electron chi connectivity index (χ3n) is 2.18. The minimum atomic E-state index is -1.00. The quantitative estimate of drug-likeness (QED) is 0.781. The number of aromatic nitrogens is 3. The second-order valence-corrected chi connectivity index (χ2v) is 4.90. The predicted octanol–water partition coefficient (Wildman–Crippen LogP) is 0.420. The normalized spacial score (nSPS) is 11.9. The van der Waals surface area contributed by atoms with Crippen molar-refractivity contribution in [3.63, 3.8) is 0 Å². The van der Waals surface area contributed by atoms with E-state index in [0.29, 0.717) is 18.7 Å². The van der Waals surface area contributed by atoms with E-state index in [1.54, 1.807) is 24.7 Å². The Morgan fingerprint density at radius 3 is 2.71 bits per heavy atom. The molecule has 6 heteroatoms. The van der Waals surface area contributed by atoms with Crippen LogP contribution >= 0.6 is 0 Å². The average molecular weight is 240 g/mol. The molecule has 0 unspecified atom stereocenters. The molecule has 0 bridgehead atoms. The van der Waals surface area contributed by atoms with Crippen molar-refractivity contribution in [3.05, 3.63) is 11.9 Å². The van der Waals surface area contributed by atoms with Crippen molar-refractivity contribution in [2.45, 2.75) is 52.3 Å². The number of aryl methyl sites for hydroxylation is 1. The van der Waals surface area contributed by atoms with E-state index in [1.807, 2.05) is 13.8 Å². The largest absolute Gasteiger partial charge is 0.384 e. The van der Waals surface area contributed by atoms with Crippen molar-refractivity contribution in [2.75, 3.05) is 0 Å². The Bertz CT molecular complexity index is 379. The molecule has 1 heterocycles. The third kappa shape index (κ3) is 4.52. The first-order valence-electron chi connectivity index (χ1n) is 5.71. The highest BCUT2D eigenvalue weighted by Gasteiger charge is 2.20. The summed E-state index contributed by atoms with van der Waals surface area (Å²) in [7, 11) is 0. The molecule has 17 heavy (non-hydrogen) atoms. The summed E-state index contributed by atoms with van der Waals surface area (Å²) in [5, 5.41) is 20.2. The Kier molecular flexibility index (Phi) is 4.22. The predicted molar refractivity (Wildman–Crippen MR) is 63.2 cm³/mol. The summed E-state index contributed by atoms with van der Waals surface area (Å²) in [5.41, 5.74) is -0.500. The summed E-state index contributed by atoms with van der Waals surface area (Å²) < 4.78 is 1.56. The van der Waals surface area contributed by atoms with Crippen LogP contribution in [-0.4, -0.2) is 32.0 Å². The molecule has 0 saturated heterocycles. The number of carbonyl (C=O) groups excluding carboxylic acids is 1. The number of carbonyl (C=O) groups is 1. The molecule has 0 spiro atoms. The zero-order valence-corrected chi connectivity index (χ0v) is 10.8. The summed E-state index contributed by atoms with van der Waals surface area (Å²) in [6.07, 6.45) is 2.01. The summed E-state index contributed by atoms with van der Waals surface area (Å²) in [4.78, 5) is 11.4. The number of aliphatic hydroxyl groups is 1. The van der Waals surface area contributed by atoms with Gasteiger partial charge >= 0.3 is 0 Å². The van der Waals surface area contributed by atoms with Crippen LogP contribution in [0.3, 0.4) is 0 Å². The van der Waals surface area contributed by atoms with Crippen LogP contribution in [0.15, 0.2) is 6.20 Å². The molecule has 1 rings (SSSR count). The number of rotatable bonds is 5. The summed E-state index contributed by atoms with van der Waals surface area (Å²) in [6, 6.07) is 0.144. The number of nitrogens with zero attached hydrogens (tertiary/aromatic N) is 3. The molecule has 1 aromatic heterocycles. The van der Waals surface area contributed by atoms with Crippen LogP contribution in [0.25, 0.3) is 0 Å². The Hall–Kier alpha value is -1.43. The van der Waals surface area contributed by atoms with E-state index in [1.165, 1.54) is 0 Å². The van der Waals surface area contributed by atoms with E-state index in [4.69, 9.17) is 0 Å². The molecular weight excluding hydrogens is 220 g/mol. The van der Waals surface area contributed by atoms with Gasteiger partial charge in [0.25, 0.3) is 0 Å². The molecule has 0 atom stereocenters. The molecule has 0 fully saturated rings. The Morgan fingerprint density at radius 1 is 1.59 bits per heavy atom. The summed E-state index contributed by atoms with van der Waals surface area (Å²) in [5.74, 6) is -0.0136. The van der Waals surface area contributed by atoms with Gasteiger partial charge in [-0.3, -0.25) is 9.48 Å². The van der Waals surface area contributed by atoms with Crippen LogP contribution < -0.4 is 5.32 Å². The van der Waals surface area contributed by atoms with Gasteiger partial charge in [0.05, 0.1) is 12.7 Å². The number of amides is 1. The minimum Gasteiger partial charge on any atom is -0.384 e. The molecule has 2 N–H and O–H groups in total. The molecule has 0 saturated carbocycles. The molecule has 0 aliphatic heterocycles. The fourth-order valence-corrected chi connectivity index (χ4v) is 1.30. The van der Waals surface area contributed by atoms with Gasteiger partial charge in [-0.05, 0) is 27.7 Å². The average Bonchev–Trinajstić information content (AvgIpc) is 2.61. The number of hydrogen-bond donors (Lipinski definition) is 2. The molecule has 0 aromatic carbocycles. The van der Waals surface area contributed by atoms with Crippen LogP contribution in [0.1, 0.15) is 39.8 Å². The minimum absolute atomic E-state index is 0.0136. The van der Waals surface area contributed by atoms with Crippen molar-refractivity contribution >= 4 is 5.91 Å². The van der Waals surface area contributed by atoms with E-state index in [0.717, 1.165) is 0 Å². The Labute approximate surface area is 101 Å². The van der Waals surface area contributed by atoms with Gasteiger partial charge in [-0.25, -0.2) is 0 Å². The lowest BCUT2D eigenvalue weighted by Crippen LogP contribution is -2.30. The molecule has 0 aliphatic rings. The van der Waals surface area contributed by atoms with Gasteiger partial charge in [-0.1, -0.05) is 5.21 Å². The molecule has 0 aliphatic carbocycles. The van der Waals surface area contributed by atoms with Crippen molar-refractivity contribution in [3.8, 4) is 0 Å². The van der Waals surface area contributed by atoms with Gasteiger partial charge < -0.3 is 10.4 Å². The fraction of sp³-hybridized carbons (Fsp3) is 0.727. The maximum atomic E-state index is 11.4. The summed E-state index contributed by atoms with van der Waals surface area (Å²) >= 11 is 0. The van der Waals surface area contributed by atoms with Crippen LogP contribution in [0.2, 0.25) is 0 Å². The SMILES string of the molecule is CC(C)NC(=O)CCn1cc(C(C)(C)O)nn1. The highest BCUT2D eigenvalue weighted by molar-refractivity contribution is 5.76. The third-order valence-corrected chi connectivity index (χ3v) is 2.18. The van der Waals surface area contributed by atoms with Gasteiger partial charge in [-0.2, -0.15) is 0 Å². The first kappa shape index (κ1) is 13.6. The highest BCUT2D eigenvalue weighted by Crippen LogP contribution is 2.15. The molecule has 1 aromatic rings. The van der Waals surface area contributed by atoms with Crippen LogP contribution in [0, 0.1) is 0 Å². The second-order valence-electron chi connectivity index (χ2n) is 4.90. The fourth-order valence-electron chi connectivity index (χ4n) is 1.30. The molecule has 6 nitrogen and oxygen atoms in total. The van der Waals surface area contributed by atoms with Crippen LogP contribution in [-0.2, 0) is 16.9 Å². The number of nitrogens with one attached hydrogen (secondary N) is 1. The van der Waals surface area contributed by atoms with Gasteiger partial charge in [0.2, 0.25) is 5.91 Å². The standard InChI is InChI=1S/C11H20N4O2/c1-8(2)12-10(16)5-6-15-7-9(13-14-15)11(3,4)17/h7-8,17H,5-6H2,1-4H3,(H,12,16). The van der Waals surface area contributed by atoms with Crippen molar-refractivity contribution in [1.82, 2.24) is 20.3 Å². The number of hydrogen-bond acceptors (Lipinski definition) is 4. The maximum absolute atomic E-state index is 11.4. The van der Waals surface area contributed by atoms with E-state index in [-0.39, 0.29) is 11.9 Å². The van der Waals surface area contributed by atoms with E-state index in [9.17, 15) is 9.90 Å². The zero-order chi connectivity index (χ0) is 13.1. The highest BCUT2D eigenvalue weighted by atomic mass is 16.3. The van der Waals surface area contributed by atoms with Gasteiger partial charge in [0, 0.05) is 12.5 Å². The monoisotopic (exact) mass is 240 g/mol. The van der Waals surface area contributed by atoms with Crippen LogP contribution in [0.4, 0.5) is 0 Å². The first-order chi connectivity index (χ1) is 7.79. The van der Waals surface area contributed by atoms with Gasteiger partial charge in [0.1, 0.15) is 11.3 Å². The van der Waals surface area contributed by atoms with Crippen LogP contribution in [0.5, 0.6) is 0 Å². The van der Waals surface area contributed by atoms with E-state index < -0.39 is 5.60 Å². The Morgan fingerprint density at radius 2 is 2.24 bits per heavy atom. The Balaban J connectivity index is 2.48. The molecular formula is C11H20N4O2. The van der Waals surface area contributed by atoms with Crippen molar-refractivity contribution < 1.29 is 9.90 Å². The summed E-state index contributed by atoms with van der Waals surface area (Å²) in [6.45, 7) is 7.58. The first-order valence-corrected chi connectivity index (χ1v) is 5.71. The van der Waals surface area contributed by atoms with Crippen molar-refractivity contribution in [1.29, 1.82) is 0 Å². The van der Waals surface area contributed by atoms with E-state index >= 15 is 0 Å². The zero-order valence-electron chi connectivity index (χ0n) is 10.8. The van der Waals surface area contributed by atoms with E-state index in [2.05, 4.69) is 15.6 Å². The smallest absolute Gasteiger partial charge is 0.222 e. The molecule has 0 radical (unpaired) electrons. The lowest BCUT2D eigenvalue weighted by molar-refractivity contribution is -0.121. The lowest BCUT2D eigenvalue weighted by atomic mass is 10.1. The second kappa shape index (κ2) is 5.27. The lowest BCUT2D eigenvalue weighted by Gasteiger charge is -2.11. The van der Waals surface area contributed by atoms with Gasteiger partial charge in [0.15, 0.2) is 0 Å². The van der Waals surface area contributed by atoms with Gasteiger partial charge in [-0.15, -0.1) is 5.10 Å². The van der Waals surface area contributed by atoms with Crippen molar-refractivity contribution in [2.24, 2.45) is 0 Å².